The zero-order chi connectivity index (χ0) is 9.23. The molecule has 2 fully saturated rings. The summed E-state index contributed by atoms with van der Waals surface area (Å²) < 4.78 is 1.45. The molecule has 3 aliphatic rings. The smallest absolute Gasteiger partial charge is 0.131 e. The van der Waals surface area contributed by atoms with Gasteiger partial charge in [-0.05, 0) is 12.0 Å². The Hall–Kier alpha value is -0.820. The molecule has 2 heterocycles. The molecule has 0 bridgehead atoms. The van der Waals surface area contributed by atoms with E-state index in [1.165, 1.54) is 43.4 Å². The van der Waals surface area contributed by atoms with Gasteiger partial charge in [-0.25, -0.2) is 0 Å². The Kier molecular flexibility index (Phi) is 1.10. The second-order valence-electron chi connectivity index (χ2n) is 5.25. The van der Waals surface area contributed by atoms with Crippen LogP contribution >= 0.6 is 0 Å². The van der Waals surface area contributed by atoms with Gasteiger partial charge in [0, 0.05) is 12.0 Å². The van der Waals surface area contributed by atoms with E-state index < -0.39 is 0 Å². The fourth-order valence-corrected chi connectivity index (χ4v) is 3.89. The summed E-state index contributed by atoms with van der Waals surface area (Å²) in [5, 5.41) is 0. The molecule has 0 amide bonds. The highest BCUT2D eigenvalue weighted by Crippen LogP contribution is 2.59. The van der Waals surface area contributed by atoms with Gasteiger partial charge in [0.25, 0.3) is 0 Å². The Balaban J connectivity index is 1.91. The van der Waals surface area contributed by atoms with Crippen LogP contribution in [0.1, 0.15) is 24.0 Å². The first-order valence-corrected chi connectivity index (χ1v) is 5.81. The highest BCUT2D eigenvalue weighted by atomic mass is 15.6. The van der Waals surface area contributed by atoms with Crippen LogP contribution in [0.4, 0.5) is 0 Å². The van der Waals surface area contributed by atoms with E-state index in [1.54, 1.807) is 11.1 Å². The van der Waals surface area contributed by atoms with E-state index in [-0.39, 0.29) is 0 Å². The van der Waals surface area contributed by atoms with Crippen LogP contribution in [0.3, 0.4) is 0 Å². The summed E-state index contributed by atoms with van der Waals surface area (Å²) in [5.41, 5.74) is 3.93. The molecule has 0 N–H and O–H groups in total. The first kappa shape index (κ1) is 7.47. The van der Waals surface area contributed by atoms with Crippen molar-refractivity contribution in [2.24, 2.45) is 0 Å². The van der Waals surface area contributed by atoms with Crippen molar-refractivity contribution in [1.82, 2.24) is 0 Å². The lowest BCUT2D eigenvalue weighted by atomic mass is 9.79. The van der Waals surface area contributed by atoms with E-state index in [0.29, 0.717) is 5.54 Å². The predicted octanol–water partition coefficient (Wildman–Crippen LogP) is 2.06. The largest absolute Gasteiger partial charge is 0.305 e. The van der Waals surface area contributed by atoms with Gasteiger partial charge in [-0.2, -0.15) is 0 Å². The normalized spacial score (nSPS) is 35.7. The first-order chi connectivity index (χ1) is 6.86. The molecule has 2 saturated heterocycles. The molecule has 1 nitrogen and oxygen atoms in total. The Bertz CT molecular complexity index is 405. The van der Waals surface area contributed by atoms with E-state index in [0.717, 1.165) is 0 Å². The molecule has 0 aromatic heterocycles. The SMILES string of the molecule is c1ccc2c(c1)CCC21CC[N+]12CC2. The molecule has 4 rings (SSSR count). The number of hydrogen-bond donors (Lipinski definition) is 0. The van der Waals surface area contributed by atoms with E-state index in [1.807, 2.05) is 0 Å². The minimum atomic E-state index is 0.594. The van der Waals surface area contributed by atoms with Crippen LogP contribution in [0.2, 0.25) is 0 Å². The van der Waals surface area contributed by atoms with Gasteiger partial charge in [0.05, 0.1) is 13.0 Å². The molecule has 1 heteroatoms. The van der Waals surface area contributed by atoms with Crippen molar-refractivity contribution in [3.05, 3.63) is 35.4 Å². The van der Waals surface area contributed by atoms with Crippen molar-refractivity contribution in [1.29, 1.82) is 0 Å². The minimum absolute atomic E-state index is 0.594. The zero-order valence-corrected chi connectivity index (χ0v) is 8.50. The Labute approximate surface area is 84.9 Å². The van der Waals surface area contributed by atoms with Gasteiger partial charge in [0.1, 0.15) is 18.6 Å². The van der Waals surface area contributed by atoms with Gasteiger partial charge >= 0.3 is 0 Å². The van der Waals surface area contributed by atoms with E-state index in [4.69, 9.17) is 0 Å². The summed E-state index contributed by atoms with van der Waals surface area (Å²) >= 11 is 0. The van der Waals surface area contributed by atoms with Crippen LogP contribution in [0, 0.1) is 0 Å². The van der Waals surface area contributed by atoms with E-state index >= 15 is 0 Å². The Morgan fingerprint density at radius 2 is 1.86 bits per heavy atom. The lowest BCUT2D eigenvalue weighted by molar-refractivity contribution is -0.915. The van der Waals surface area contributed by atoms with Crippen molar-refractivity contribution in [3.8, 4) is 0 Å². The number of nitrogens with zero attached hydrogens (tertiary/aromatic N) is 1. The number of fused-ring (bicyclic) bond motifs is 3. The maximum absolute atomic E-state index is 2.39. The minimum Gasteiger partial charge on any atom is -0.305 e. The molecule has 1 aliphatic carbocycles. The van der Waals surface area contributed by atoms with Crippen molar-refractivity contribution in [2.75, 3.05) is 19.6 Å². The van der Waals surface area contributed by atoms with Crippen LogP contribution in [0.15, 0.2) is 24.3 Å². The fourth-order valence-electron chi connectivity index (χ4n) is 3.89. The molecule has 2 spiro atoms. The zero-order valence-electron chi connectivity index (χ0n) is 8.50. The average molecular weight is 186 g/mol. The highest BCUT2D eigenvalue weighted by Gasteiger charge is 2.69. The number of aryl methyl sites for hydroxylation is 1. The molecule has 1 aromatic rings. The third-order valence-electron chi connectivity index (χ3n) is 4.95. The second kappa shape index (κ2) is 2.06. The van der Waals surface area contributed by atoms with Crippen LogP contribution in [-0.2, 0) is 12.0 Å². The topological polar surface area (TPSA) is 0 Å². The van der Waals surface area contributed by atoms with Gasteiger partial charge in [-0.15, -0.1) is 0 Å². The lowest BCUT2D eigenvalue weighted by Crippen LogP contribution is -2.58. The second-order valence-corrected chi connectivity index (χ2v) is 5.25. The molecule has 2 aliphatic heterocycles. The predicted molar refractivity (Wildman–Crippen MR) is 55.9 cm³/mol. The number of hydrogen-bond acceptors (Lipinski definition) is 0. The summed E-state index contributed by atoms with van der Waals surface area (Å²) in [4.78, 5) is 0. The lowest BCUT2D eigenvalue weighted by Gasteiger charge is -2.48. The summed E-state index contributed by atoms with van der Waals surface area (Å²) in [6, 6.07) is 9.15. The Morgan fingerprint density at radius 1 is 1.00 bits per heavy atom. The van der Waals surface area contributed by atoms with Crippen LogP contribution < -0.4 is 0 Å². The number of benzene rings is 1. The third-order valence-corrected chi connectivity index (χ3v) is 4.95. The standard InChI is InChI=1S/C13H16N/c1-2-4-12-11(3-1)5-6-13(12)7-8-14(13)9-10-14/h1-4H,5-10H2/q+1. The van der Waals surface area contributed by atoms with Crippen LogP contribution in [0.25, 0.3) is 0 Å². The maximum atomic E-state index is 2.39. The summed E-state index contributed by atoms with van der Waals surface area (Å²) in [6.07, 6.45) is 4.20. The molecular weight excluding hydrogens is 170 g/mol. The molecule has 0 saturated carbocycles. The van der Waals surface area contributed by atoms with Crippen molar-refractivity contribution < 1.29 is 4.48 Å². The van der Waals surface area contributed by atoms with Crippen molar-refractivity contribution in [2.45, 2.75) is 24.8 Å². The van der Waals surface area contributed by atoms with Gasteiger partial charge < -0.3 is 4.48 Å². The number of quaternary nitrogens is 1. The molecule has 72 valence electrons. The summed E-state index contributed by atoms with van der Waals surface area (Å²) in [7, 11) is 0. The van der Waals surface area contributed by atoms with Gasteiger partial charge in [0.15, 0.2) is 0 Å². The molecule has 1 unspecified atom stereocenters. The van der Waals surface area contributed by atoms with Crippen molar-refractivity contribution >= 4 is 0 Å². The quantitative estimate of drug-likeness (QED) is 0.430. The van der Waals surface area contributed by atoms with Crippen LogP contribution in [0.5, 0.6) is 0 Å². The summed E-state index contributed by atoms with van der Waals surface area (Å²) in [5.74, 6) is 0. The summed E-state index contributed by atoms with van der Waals surface area (Å²) in [6.45, 7) is 4.36. The Morgan fingerprint density at radius 3 is 2.57 bits per heavy atom. The van der Waals surface area contributed by atoms with Gasteiger partial charge in [0.2, 0.25) is 0 Å². The molecular formula is C13H16N+. The molecule has 1 aromatic carbocycles. The average Bonchev–Trinajstić information content (AvgIpc) is 2.94. The fraction of sp³-hybridized carbons (Fsp3) is 0.538. The van der Waals surface area contributed by atoms with Gasteiger partial charge in [-0.3, -0.25) is 0 Å². The first-order valence-electron chi connectivity index (χ1n) is 5.81. The molecule has 14 heavy (non-hydrogen) atoms. The number of rotatable bonds is 0. The van der Waals surface area contributed by atoms with E-state index in [2.05, 4.69) is 24.3 Å². The molecule has 1 atom stereocenters. The van der Waals surface area contributed by atoms with E-state index in [9.17, 15) is 0 Å². The van der Waals surface area contributed by atoms with Crippen LogP contribution in [-0.4, -0.2) is 24.1 Å². The van der Waals surface area contributed by atoms with Crippen molar-refractivity contribution in [3.63, 3.8) is 0 Å². The third kappa shape index (κ3) is 0.621. The van der Waals surface area contributed by atoms with Gasteiger partial charge in [-0.1, -0.05) is 24.3 Å². The monoisotopic (exact) mass is 186 g/mol. The molecule has 0 radical (unpaired) electrons. The maximum Gasteiger partial charge on any atom is 0.131 e. The highest BCUT2D eigenvalue weighted by molar-refractivity contribution is 5.39.